The van der Waals surface area contributed by atoms with E-state index < -0.39 is 17.3 Å². The number of likely N-dealkylation sites (tertiary alicyclic amines) is 1. The van der Waals surface area contributed by atoms with Crippen molar-refractivity contribution in [2.24, 2.45) is 7.05 Å². The van der Waals surface area contributed by atoms with Crippen LogP contribution in [-0.2, 0) is 24.6 Å². The van der Waals surface area contributed by atoms with Gasteiger partial charge >= 0.3 is 6.18 Å². The molecule has 156 valence electrons. The summed E-state index contributed by atoms with van der Waals surface area (Å²) in [4.78, 5) is 18.7. The molecule has 2 aliphatic rings. The molecule has 0 bridgehead atoms. The summed E-state index contributed by atoms with van der Waals surface area (Å²) < 4.78 is 41.8. The van der Waals surface area contributed by atoms with Gasteiger partial charge < -0.3 is 9.88 Å². The van der Waals surface area contributed by atoms with Crippen molar-refractivity contribution in [1.29, 1.82) is 0 Å². The lowest BCUT2D eigenvalue weighted by Crippen LogP contribution is -2.52. The molecule has 8 heteroatoms. The van der Waals surface area contributed by atoms with E-state index in [1.165, 1.54) is 12.1 Å². The Labute approximate surface area is 167 Å². The molecule has 2 saturated heterocycles. The molecule has 3 heterocycles. The lowest BCUT2D eigenvalue weighted by Gasteiger charge is -2.35. The summed E-state index contributed by atoms with van der Waals surface area (Å²) in [6, 6.07) is 5.40. The molecular formula is C21H25F3N4O. The third kappa shape index (κ3) is 3.77. The number of rotatable bonds is 3. The van der Waals surface area contributed by atoms with E-state index in [9.17, 15) is 18.0 Å². The highest BCUT2D eigenvalue weighted by Gasteiger charge is 2.51. The van der Waals surface area contributed by atoms with Crippen molar-refractivity contribution in [1.82, 2.24) is 19.8 Å². The van der Waals surface area contributed by atoms with Gasteiger partial charge in [0.1, 0.15) is 0 Å². The number of carbonyl (C=O) groups is 1. The molecule has 1 amide bonds. The highest BCUT2D eigenvalue weighted by molar-refractivity contribution is 5.77. The Kier molecular flexibility index (Phi) is 4.93. The number of nitrogens with one attached hydrogen (secondary N) is 1. The van der Waals surface area contributed by atoms with Crippen LogP contribution in [0, 0.1) is 0 Å². The van der Waals surface area contributed by atoms with Crippen LogP contribution < -0.4 is 5.32 Å². The predicted octanol–water partition coefficient (Wildman–Crippen LogP) is 3.81. The molecule has 0 aliphatic carbocycles. The summed E-state index contributed by atoms with van der Waals surface area (Å²) in [5, 5.41) is 3.16. The second kappa shape index (κ2) is 7.16. The molecule has 29 heavy (non-hydrogen) atoms. The predicted molar refractivity (Wildman–Crippen MR) is 102 cm³/mol. The van der Waals surface area contributed by atoms with Crippen molar-refractivity contribution in [3.8, 4) is 0 Å². The fourth-order valence-corrected chi connectivity index (χ4v) is 4.87. The van der Waals surface area contributed by atoms with Crippen molar-refractivity contribution < 1.29 is 18.0 Å². The fourth-order valence-electron chi connectivity index (χ4n) is 4.87. The van der Waals surface area contributed by atoms with Gasteiger partial charge in [0.25, 0.3) is 0 Å². The average molecular weight is 406 g/mol. The lowest BCUT2D eigenvalue weighted by atomic mass is 9.88. The molecule has 1 aromatic carbocycles. The zero-order valence-electron chi connectivity index (χ0n) is 16.5. The molecule has 0 unspecified atom stereocenters. The zero-order chi connectivity index (χ0) is 20.8. The van der Waals surface area contributed by atoms with Crippen molar-refractivity contribution >= 4 is 5.91 Å². The highest BCUT2D eigenvalue weighted by Crippen LogP contribution is 2.46. The van der Waals surface area contributed by atoms with Crippen LogP contribution in [-0.4, -0.2) is 31.9 Å². The maximum absolute atomic E-state index is 13.3. The second-order valence-corrected chi connectivity index (χ2v) is 8.39. The van der Waals surface area contributed by atoms with Crippen molar-refractivity contribution in [3.05, 3.63) is 53.6 Å². The van der Waals surface area contributed by atoms with E-state index in [1.54, 1.807) is 18.6 Å². The third-order valence-corrected chi connectivity index (χ3v) is 6.32. The first-order valence-corrected chi connectivity index (χ1v) is 9.86. The van der Waals surface area contributed by atoms with E-state index in [1.807, 2.05) is 18.5 Å². The van der Waals surface area contributed by atoms with Crippen LogP contribution in [0.3, 0.4) is 0 Å². The quantitative estimate of drug-likeness (QED) is 0.843. The molecule has 1 N–H and O–H groups in total. The number of halogens is 3. The Morgan fingerprint density at radius 1 is 1.34 bits per heavy atom. The summed E-state index contributed by atoms with van der Waals surface area (Å²) in [5.74, 6) is 0.0141. The highest BCUT2D eigenvalue weighted by atomic mass is 19.4. The Balaban J connectivity index is 1.74. The minimum atomic E-state index is -4.39. The summed E-state index contributed by atoms with van der Waals surface area (Å²) in [7, 11) is 1.91. The number of hydrogen-bond acceptors (Lipinski definition) is 3. The Bertz CT molecular complexity index is 909. The summed E-state index contributed by atoms with van der Waals surface area (Å²) in [6.07, 6.45) is 1.77. The molecule has 0 saturated carbocycles. The maximum atomic E-state index is 13.3. The first-order valence-electron chi connectivity index (χ1n) is 9.86. The average Bonchev–Trinajstić information content (AvgIpc) is 3.12. The number of imidazole rings is 1. The van der Waals surface area contributed by atoms with Crippen LogP contribution in [0.2, 0.25) is 0 Å². The van der Waals surface area contributed by atoms with Gasteiger partial charge in [0.2, 0.25) is 5.91 Å². The number of aromatic nitrogens is 2. The summed E-state index contributed by atoms with van der Waals surface area (Å²) in [6.45, 7) is 2.58. The minimum Gasteiger partial charge on any atom is -0.349 e. The summed E-state index contributed by atoms with van der Waals surface area (Å²) in [5.41, 5.74) is 0.495. The smallest absolute Gasteiger partial charge is 0.349 e. The molecule has 5 nitrogen and oxygen atoms in total. The van der Waals surface area contributed by atoms with E-state index >= 15 is 0 Å². The van der Waals surface area contributed by atoms with Gasteiger partial charge in [0.15, 0.2) is 0 Å². The van der Waals surface area contributed by atoms with Crippen LogP contribution >= 0.6 is 0 Å². The molecule has 3 atom stereocenters. The first-order chi connectivity index (χ1) is 13.7. The maximum Gasteiger partial charge on any atom is 0.416 e. The number of nitrogens with zero attached hydrogens (tertiary/aromatic N) is 3. The third-order valence-electron chi connectivity index (χ3n) is 6.32. The number of benzene rings is 1. The number of fused-ring (bicyclic) bond motifs is 1. The van der Waals surface area contributed by atoms with Gasteiger partial charge in [0, 0.05) is 38.3 Å². The SMILES string of the molecule is Cn1cncc1CN1[C@H]2CCCC(=O)N[C@@]2(C)C[C@H]1c1cccc(C(F)(F)F)c1. The van der Waals surface area contributed by atoms with Crippen LogP contribution in [0.5, 0.6) is 0 Å². The Hall–Kier alpha value is -2.35. The largest absolute Gasteiger partial charge is 0.416 e. The van der Waals surface area contributed by atoms with E-state index in [-0.39, 0.29) is 18.0 Å². The number of hydrogen-bond donors (Lipinski definition) is 1. The van der Waals surface area contributed by atoms with Gasteiger partial charge in [-0.25, -0.2) is 4.98 Å². The number of aryl methyl sites for hydroxylation is 1. The van der Waals surface area contributed by atoms with Crippen LogP contribution in [0.15, 0.2) is 36.8 Å². The van der Waals surface area contributed by atoms with E-state index in [2.05, 4.69) is 15.2 Å². The molecule has 0 spiro atoms. The normalized spacial score (nSPS) is 28.1. The topological polar surface area (TPSA) is 50.2 Å². The second-order valence-electron chi connectivity index (χ2n) is 8.39. The monoisotopic (exact) mass is 406 g/mol. The Morgan fingerprint density at radius 2 is 2.14 bits per heavy atom. The van der Waals surface area contributed by atoms with Gasteiger partial charge in [-0.1, -0.05) is 12.1 Å². The van der Waals surface area contributed by atoms with Gasteiger partial charge in [-0.05, 0) is 43.9 Å². The zero-order valence-corrected chi connectivity index (χ0v) is 16.5. The molecule has 1 aromatic heterocycles. The van der Waals surface area contributed by atoms with Crippen molar-refractivity contribution in [2.75, 3.05) is 0 Å². The van der Waals surface area contributed by atoms with Crippen molar-refractivity contribution in [2.45, 2.75) is 63.0 Å². The number of alkyl halides is 3. The Morgan fingerprint density at radius 3 is 2.83 bits per heavy atom. The molecule has 2 aromatic rings. The molecular weight excluding hydrogens is 381 g/mol. The van der Waals surface area contributed by atoms with E-state index in [4.69, 9.17) is 0 Å². The lowest BCUT2D eigenvalue weighted by molar-refractivity contribution is -0.137. The van der Waals surface area contributed by atoms with Crippen molar-refractivity contribution in [3.63, 3.8) is 0 Å². The molecule has 2 fully saturated rings. The van der Waals surface area contributed by atoms with Crippen LogP contribution in [0.1, 0.15) is 55.5 Å². The van der Waals surface area contributed by atoms with E-state index in [0.717, 1.165) is 24.6 Å². The van der Waals surface area contributed by atoms with Gasteiger partial charge in [-0.2, -0.15) is 13.2 Å². The van der Waals surface area contributed by atoms with E-state index in [0.29, 0.717) is 24.9 Å². The minimum absolute atomic E-state index is 0.0141. The fraction of sp³-hybridized carbons (Fsp3) is 0.524. The van der Waals surface area contributed by atoms with Gasteiger partial charge in [0.05, 0.1) is 23.1 Å². The molecule has 2 aliphatic heterocycles. The molecule has 0 radical (unpaired) electrons. The molecule has 4 rings (SSSR count). The van der Waals surface area contributed by atoms with Crippen LogP contribution in [0.25, 0.3) is 0 Å². The van der Waals surface area contributed by atoms with Gasteiger partial charge in [-0.3, -0.25) is 9.69 Å². The first kappa shape index (κ1) is 19.9. The standard InChI is InChI=1S/C21H25F3N4O/c1-20-10-17(14-5-3-6-15(9-14)21(22,23)24)28(12-16-11-25-13-27(16)2)18(20)7-4-8-19(29)26-20/h3,5-6,9,11,13,17-18H,4,7-8,10,12H2,1-2H3,(H,26,29)/t17-,18-,20-/m0/s1. The van der Waals surface area contributed by atoms with Gasteiger partial charge in [-0.15, -0.1) is 0 Å². The number of amides is 1. The van der Waals surface area contributed by atoms with Crippen LogP contribution in [0.4, 0.5) is 13.2 Å². The number of carbonyl (C=O) groups excluding carboxylic acids is 1. The summed E-state index contributed by atoms with van der Waals surface area (Å²) >= 11 is 0.